The van der Waals surface area contributed by atoms with Crippen LogP contribution in [0.25, 0.3) is 0 Å². The molecule has 0 radical (unpaired) electrons. The summed E-state index contributed by atoms with van der Waals surface area (Å²) in [4.78, 5) is 31.2. The van der Waals surface area contributed by atoms with Crippen LogP contribution in [0.1, 0.15) is 27.5 Å². The van der Waals surface area contributed by atoms with Crippen molar-refractivity contribution < 1.29 is 45.8 Å². The molecule has 0 spiro atoms. The molecular formula is C21H17F6N3O4S. The number of carbonyl (C=O) groups excluding carboxylic acids is 2. The maximum absolute atomic E-state index is 13.6. The number of hydrogen-bond acceptors (Lipinski definition) is 6. The molecule has 2 aromatic rings. The van der Waals surface area contributed by atoms with Crippen LogP contribution in [0.4, 0.5) is 32.0 Å². The summed E-state index contributed by atoms with van der Waals surface area (Å²) < 4.78 is 84.5. The van der Waals surface area contributed by atoms with E-state index in [-0.39, 0.29) is 36.0 Å². The Hall–Kier alpha value is -3.31. The lowest BCUT2D eigenvalue weighted by Gasteiger charge is -2.29. The number of thiazole rings is 1. The first kappa shape index (κ1) is 26.3. The first-order valence-corrected chi connectivity index (χ1v) is 10.8. The van der Waals surface area contributed by atoms with E-state index in [1.807, 2.05) is 0 Å². The smallest absolute Gasteiger partial charge is 0.416 e. The van der Waals surface area contributed by atoms with Crippen molar-refractivity contribution in [3.05, 3.63) is 39.8 Å². The molecule has 2 heterocycles. The van der Waals surface area contributed by atoms with Gasteiger partial charge in [0.15, 0.2) is 5.01 Å². The topological polar surface area (TPSA) is 83.0 Å². The maximum atomic E-state index is 13.6. The number of likely N-dealkylation sites (tertiary alicyclic amines) is 1. The third-order valence-electron chi connectivity index (χ3n) is 4.87. The molecule has 0 saturated carbocycles. The van der Waals surface area contributed by atoms with Gasteiger partial charge in [0, 0.05) is 23.7 Å². The summed E-state index contributed by atoms with van der Waals surface area (Å²) in [7, 11) is 0. The summed E-state index contributed by atoms with van der Waals surface area (Å²) >= 11 is 0.893. The van der Waals surface area contributed by atoms with Gasteiger partial charge >= 0.3 is 12.4 Å². The molecular weight excluding hydrogens is 504 g/mol. The molecule has 1 unspecified atom stereocenters. The molecule has 188 valence electrons. The number of terminal acetylenes is 1. The fourth-order valence-electron chi connectivity index (χ4n) is 3.47. The normalized spacial score (nSPS) is 16.3. The molecule has 35 heavy (non-hydrogen) atoms. The van der Waals surface area contributed by atoms with Gasteiger partial charge in [-0.2, -0.15) is 26.3 Å². The zero-order valence-electron chi connectivity index (χ0n) is 17.7. The highest BCUT2D eigenvalue weighted by atomic mass is 32.1. The summed E-state index contributed by atoms with van der Waals surface area (Å²) in [5.41, 5.74) is -1.97. The number of hydrogen-bond donors (Lipinski definition) is 1. The van der Waals surface area contributed by atoms with Crippen molar-refractivity contribution in [2.45, 2.75) is 24.8 Å². The van der Waals surface area contributed by atoms with Gasteiger partial charge in [-0.1, -0.05) is 0 Å². The van der Waals surface area contributed by atoms with E-state index in [1.54, 1.807) is 0 Å². The van der Waals surface area contributed by atoms with Crippen LogP contribution in [0.3, 0.4) is 0 Å². The minimum atomic E-state index is -4.89. The number of halogens is 6. The van der Waals surface area contributed by atoms with Crippen LogP contribution in [-0.2, 0) is 11.0 Å². The minimum Gasteiger partial charge on any atom is -0.491 e. The van der Waals surface area contributed by atoms with Crippen LogP contribution in [0.5, 0.6) is 5.75 Å². The average Bonchev–Trinajstić information content (AvgIpc) is 3.39. The van der Waals surface area contributed by atoms with E-state index < -0.39 is 54.6 Å². The molecule has 0 aliphatic carbocycles. The first-order chi connectivity index (χ1) is 16.3. The second-order valence-corrected chi connectivity index (χ2v) is 8.18. The van der Waals surface area contributed by atoms with Crippen molar-refractivity contribution >= 4 is 28.8 Å². The number of nitrogens with zero attached hydrogens (tertiary/aromatic N) is 3. The summed E-state index contributed by atoms with van der Waals surface area (Å²) in [6, 6.07) is 0.706. The van der Waals surface area contributed by atoms with Crippen LogP contribution in [0, 0.1) is 12.3 Å². The van der Waals surface area contributed by atoms with Crippen molar-refractivity contribution in [2.75, 3.05) is 31.2 Å². The Morgan fingerprint density at radius 2 is 2.00 bits per heavy atom. The number of alkyl halides is 6. The maximum Gasteiger partial charge on any atom is 0.416 e. The van der Waals surface area contributed by atoms with Crippen molar-refractivity contribution in [1.82, 2.24) is 9.88 Å². The molecule has 1 saturated heterocycles. The molecule has 7 nitrogen and oxygen atoms in total. The summed E-state index contributed by atoms with van der Waals surface area (Å²) in [5.74, 6) is -0.286. The van der Waals surface area contributed by atoms with Crippen LogP contribution in [0.15, 0.2) is 23.6 Å². The molecule has 1 aromatic heterocycles. The Bertz CT molecular complexity index is 1140. The van der Waals surface area contributed by atoms with E-state index in [1.165, 1.54) is 5.38 Å². The second-order valence-electron chi connectivity index (χ2n) is 7.32. The quantitative estimate of drug-likeness (QED) is 0.447. The summed E-state index contributed by atoms with van der Waals surface area (Å²) in [6.07, 6.45) is -4.62. The van der Waals surface area contributed by atoms with Gasteiger partial charge in [-0.3, -0.25) is 14.5 Å². The van der Waals surface area contributed by atoms with Crippen LogP contribution >= 0.6 is 11.3 Å². The molecule has 3 rings (SSSR count). The number of anilines is 1. The molecule has 0 bridgehead atoms. The fraction of sp³-hybridized carbons (Fsp3) is 0.381. The predicted octanol–water partition coefficient (Wildman–Crippen LogP) is 3.32. The van der Waals surface area contributed by atoms with Crippen LogP contribution in [0.2, 0.25) is 0 Å². The van der Waals surface area contributed by atoms with Crippen molar-refractivity contribution in [3.63, 3.8) is 0 Å². The largest absolute Gasteiger partial charge is 0.491 e. The fourth-order valence-corrected chi connectivity index (χ4v) is 4.06. The lowest BCUT2D eigenvalue weighted by atomic mass is 10.1. The van der Waals surface area contributed by atoms with Gasteiger partial charge in [-0.25, -0.2) is 4.98 Å². The number of aliphatic hydroxyl groups is 1. The monoisotopic (exact) mass is 521 g/mol. The highest BCUT2D eigenvalue weighted by Crippen LogP contribution is 2.37. The Morgan fingerprint density at radius 3 is 2.57 bits per heavy atom. The van der Waals surface area contributed by atoms with Gasteiger partial charge in [0.2, 0.25) is 5.91 Å². The zero-order chi connectivity index (χ0) is 26.0. The van der Waals surface area contributed by atoms with Crippen molar-refractivity contribution in [3.8, 4) is 18.1 Å². The third kappa shape index (κ3) is 6.23. The number of aromatic nitrogens is 1. The van der Waals surface area contributed by atoms with E-state index in [0.717, 1.165) is 17.4 Å². The van der Waals surface area contributed by atoms with Gasteiger partial charge in [0.25, 0.3) is 5.91 Å². The van der Waals surface area contributed by atoms with E-state index in [4.69, 9.17) is 16.3 Å². The number of aliphatic hydroxyl groups excluding tert-OH is 1. The van der Waals surface area contributed by atoms with E-state index in [0.29, 0.717) is 21.9 Å². The van der Waals surface area contributed by atoms with Gasteiger partial charge in [0.1, 0.15) is 30.6 Å². The van der Waals surface area contributed by atoms with Gasteiger partial charge in [-0.15, -0.1) is 17.8 Å². The standard InChI is InChI=1S/C21H17F6N3O4S/c1-2-17-28-15(10-35-17)18(32)30(16-3-4-29(19(16)33)11-20(22,23)24)13-7-12(21(25,26)27)8-14(9-13)34-6-5-31/h1,7-10,16,31H,3-6,11H2. The Balaban J connectivity index is 2.11. The van der Waals surface area contributed by atoms with Gasteiger partial charge < -0.3 is 14.7 Å². The van der Waals surface area contributed by atoms with Crippen molar-refractivity contribution in [2.24, 2.45) is 0 Å². The number of carbonyl (C=O) groups is 2. The molecule has 1 aliphatic heterocycles. The van der Waals surface area contributed by atoms with Crippen LogP contribution < -0.4 is 9.64 Å². The highest BCUT2D eigenvalue weighted by molar-refractivity contribution is 7.10. The molecule has 2 amide bonds. The molecule has 1 aromatic carbocycles. The van der Waals surface area contributed by atoms with Gasteiger partial charge in [-0.05, 0) is 24.5 Å². The SMILES string of the molecule is C#Cc1nc(C(=O)N(c2cc(OCCO)cc(C(F)(F)F)c2)C2CCN(CC(F)(F)F)C2=O)cs1. The Kier molecular flexibility index (Phi) is 7.61. The molecule has 1 N–H and O–H groups in total. The third-order valence-corrected chi connectivity index (χ3v) is 5.65. The Labute approximate surface area is 198 Å². The number of rotatable bonds is 7. The van der Waals surface area contributed by atoms with Crippen molar-refractivity contribution in [1.29, 1.82) is 0 Å². The number of ether oxygens (including phenoxy) is 1. The second kappa shape index (κ2) is 10.1. The number of benzene rings is 1. The molecule has 1 aliphatic rings. The van der Waals surface area contributed by atoms with E-state index >= 15 is 0 Å². The predicted molar refractivity (Wildman–Crippen MR) is 112 cm³/mol. The molecule has 1 atom stereocenters. The Morgan fingerprint density at radius 1 is 1.29 bits per heavy atom. The highest BCUT2D eigenvalue weighted by Gasteiger charge is 2.44. The lowest BCUT2D eigenvalue weighted by molar-refractivity contribution is -0.157. The summed E-state index contributed by atoms with van der Waals surface area (Å²) in [5, 5.41) is 10.3. The lowest BCUT2D eigenvalue weighted by Crippen LogP contribution is -2.47. The van der Waals surface area contributed by atoms with Gasteiger partial charge in [0.05, 0.1) is 12.2 Å². The summed E-state index contributed by atoms with van der Waals surface area (Å²) in [6.45, 7) is -2.83. The zero-order valence-corrected chi connectivity index (χ0v) is 18.5. The minimum absolute atomic E-state index is 0.0840. The van der Waals surface area contributed by atoms with Crippen LogP contribution in [-0.4, -0.2) is 65.3 Å². The molecule has 1 fully saturated rings. The average molecular weight is 521 g/mol. The molecule has 14 heteroatoms. The first-order valence-electron chi connectivity index (χ1n) is 9.91. The number of amides is 2. The van der Waals surface area contributed by atoms with E-state index in [9.17, 15) is 35.9 Å². The van der Waals surface area contributed by atoms with E-state index in [2.05, 4.69) is 10.9 Å².